The minimum Gasteiger partial charge on any atom is -0.478 e. The minimum atomic E-state index is -1.32. The Balaban J connectivity index is 3.61. The van der Waals surface area contributed by atoms with E-state index < -0.39 is 11.9 Å². The molecular weight excluding hydrogens is 232 g/mol. The van der Waals surface area contributed by atoms with Crippen LogP contribution in [0.2, 0.25) is 0 Å². The molecule has 0 bridgehead atoms. The molecule has 0 saturated heterocycles. The van der Waals surface area contributed by atoms with E-state index in [0.29, 0.717) is 11.1 Å². The fourth-order valence-electron chi connectivity index (χ4n) is 1.69. The Hall–Kier alpha value is -2.72. The smallest absolute Gasteiger partial charge is 0.336 e. The van der Waals surface area contributed by atoms with Crippen molar-refractivity contribution in [2.24, 2.45) is 0 Å². The van der Waals surface area contributed by atoms with Crippen molar-refractivity contribution in [3.05, 3.63) is 34.4 Å². The second kappa shape index (κ2) is 5.56. The van der Waals surface area contributed by atoms with Crippen molar-refractivity contribution < 1.29 is 19.8 Å². The summed E-state index contributed by atoms with van der Waals surface area (Å²) in [5, 5.41) is 18.1. The van der Waals surface area contributed by atoms with Gasteiger partial charge in [-0.1, -0.05) is 6.07 Å². The van der Waals surface area contributed by atoms with Crippen molar-refractivity contribution in [2.75, 3.05) is 0 Å². The van der Waals surface area contributed by atoms with Crippen LogP contribution in [0.4, 0.5) is 0 Å². The molecule has 0 heterocycles. The first kappa shape index (κ1) is 13.3. The third kappa shape index (κ3) is 2.50. The maximum Gasteiger partial charge on any atom is 0.336 e. The van der Waals surface area contributed by atoms with Gasteiger partial charge in [0.2, 0.25) is 0 Å². The quantitative estimate of drug-likeness (QED) is 0.783. The fraction of sp³-hybridized carbons (Fsp3) is 0.143. The van der Waals surface area contributed by atoms with Gasteiger partial charge < -0.3 is 10.2 Å². The van der Waals surface area contributed by atoms with Gasteiger partial charge in [-0.3, -0.25) is 0 Å². The number of hydrogen-bond donors (Lipinski definition) is 2. The summed E-state index contributed by atoms with van der Waals surface area (Å²) in [5.74, 6) is 2.08. The zero-order chi connectivity index (χ0) is 13.7. The highest BCUT2D eigenvalue weighted by Gasteiger charge is 2.21. The molecule has 0 atom stereocenters. The van der Waals surface area contributed by atoms with E-state index in [-0.39, 0.29) is 24.0 Å². The number of terminal acetylenes is 2. The summed E-state index contributed by atoms with van der Waals surface area (Å²) in [7, 11) is 0. The van der Waals surface area contributed by atoms with Gasteiger partial charge in [0.15, 0.2) is 0 Å². The Morgan fingerprint density at radius 3 is 2.11 bits per heavy atom. The van der Waals surface area contributed by atoms with Crippen molar-refractivity contribution in [3.8, 4) is 24.7 Å². The van der Waals surface area contributed by atoms with E-state index in [1.54, 1.807) is 0 Å². The van der Waals surface area contributed by atoms with Crippen molar-refractivity contribution in [1.29, 1.82) is 0 Å². The molecule has 0 spiro atoms. The predicted octanol–water partition coefficient (Wildman–Crippen LogP) is 1.43. The molecule has 4 heteroatoms. The molecule has 1 rings (SSSR count). The van der Waals surface area contributed by atoms with Gasteiger partial charge in [-0.05, 0) is 17.2 Å². The van der Waals surface area contributed by atoms with Crippen LogP contribution in [0.1, 0.15) is 31.8 Å². The van der Waals surface area contributed by atoms with Gasteiger partial charge in [0.1, 0.15) is 0 Å². The number of hydrogen-bond acceptors (Lipinski definition) is 2. The Bertz CT molecular complexity index is 585. The lowest BCUT2D eigenvalue weighted by Gasteiger charge is -2.11. The average molecular weight is 242 g/mol. The van der Waals surface area contributed by atoms with E-state index in [1.165, 1.54) is 12.1 Å². The highest BCUT2D eigenvalue weighted by atomic mass is 16.4. The molecule has 0 amide bonds. The van der Waals surface area contributed by atoms with E-state index in [1.807, 2.05) is 0 Å². The summed E-state index contributed by atoms with van der Waals surface area (Å²) in [6.45, 7) is 0. The van der Waals surface area contributed by atoms with Gasteiger partial charge in [-0.15, -0.1) is 24.7 Å². The van der Waals surface area contributed by atoms with Crippen LogP contribution in [0.5, 0.6) is 0 Å². The van der Waals surface area contributed by atoms with Crippen LogP contribution >= 0.6 is 0 Å². The minimum absolute atomic E-state index is 0.0275. The molecule has 0 aliphatic heterocycles. The maximum atomic E-state index is 11.2. The van der Waals surface area contributed by atoms with E-state index in [9.17, 15) is 9.59 Å². The highest BCUT2D eigenvalue weighted by molar-refractivity contribution is 6.03. The number of aromatic carboxylic acids is 2. The van der Waals surface area contributed by atoms with Crippen LogP contribution in [0.25, 0.3) is 0 Å². The van der Waals surface area contributed by atoms with Crippen molar-refractivity contribution in [3.63, 3.8) is 0 Å². The topological polar surface area (TPSA) is 74.6 Å². The van der Waals surface area contributed by atoms with Crippen molar-refractivity contribution in [1.82, 2.24) is 0 Å². The van der Waals surface area contributed by atoms with Gasteiger partial charge in [-0.2, -0.15) is 0 Å². The highest BCUT2D eigenvalue weighted by Crippen LogP contribution is 2.21. The molecule has 1 aromatic rings. The van der Waals surface area contributed by atoms with Crippen molar-refractivity contribution >= 4 is 11.9 Å². The number of rotatable bonds is 4. The summed E-state index contributed by atoms with van der Waals surface area (Å²) < 4.78 is 0. The Morgan fingerprint density at radius 1 is 1.06 bits per heavy atom. The van der Waals surface area contributed by atoms with Gasteiger partial charge in [-0.25, -0.2) is 9.59 Å². The first-order chi connectivity index (χ1) is 8.52. The summed E-state index contributed by atoms with van der Waals surface area (Å²) in [4.78, 5) is 22.2. The molecule has 2 N–H and O–H groups in total. The van der Waals surface area contributed by atoms with Crippen LogP contribution in [0.15, 0.2) is 12.1 Å². The third-order valence-electron chi connectivity index (χ3n) is 2.43. The molecule has 0 aliphatic rings. The molecule has 0 radical (unpaired) electrons. The number of carbonyl (C=O) groups is 2. The maximum absolute atomic E-state index is 11.2. The molecule has 4 nitrogen and oxygen atoms in total. The largest absolute Gasteiger partial charge is 0.478 e. The van der Waals surface area contributed by atoms with E-state index in [4.69, 9.17) is 23.1 Å². The van der Waals surface area contributed by atoms with Gasteiger partial charge in [0, 0.05) is 12.8 Å². The Morgan fingerprint density at radius 2 is 1.67 bits per heavy atom. The molecule has 1 aromatic carbocycles. The van der Waals surface area contributed by atoms with Crippen LogP contribution in [0, 0.1) is 24.7 Å². The molecule has 0 unspecified atom stereocenters. The van der Waals surface area contributed by atoms with Crippen LogP contribution < -0.4 is 0 Å². The van der Waals surface area contributed by atoms with Gasteiger partial charge in [0.05, 0.1) is 11.1 Å². The summed E-state index contributed by atoms with van der Waals surface area (Å²) in [6.07, 6.45) is 10.6. The number of benzene rings is 1. The molecule has 0 aliphatic carbocycles. The van der Waals surface area contributed by atoms with Crippen LogP contribution in [-0.2, 0) is 12.8 Å². The Labute approximate surface area is 104 Å². The van der Waals surface area contributed by atoms with Gasteiger partial charge >= 0.3 is 11.9 Å². The lowest BCUT2D eigenvalue weighted by Crippen LogP contribution is -2.13. The Kier molecular flexibility index (Phi) is 4.12. The standard InChI is InChI=1S/C14H10O4/c1-3-5-9-7-8-11(13(15)16)12(14(17)18)10(9)6-4-2/h1-2,7-8H,5-6H2,(H,15,16)(H,17,18). The number of carboxylic acid groups (broad SMARTS) is 2. The predicted molar refractivity (Wildman–Crippen MR) is 65.4 cm³/mol. The molecular formula is C14H10O4. The van der Waals surface area contributed by atoms with Crippen LogP contribution in [0.3, 0.4) is 0 Å². The van der Waals surface area contributed by atoms with E-state index in [2.05, 4.69) is 11.8 Å². The number of carboxylic acids is 2. The first-order valence-electron chi connectivity index (χ1n) is 5.01. The lowest BCUT2D eigenvalue weighted by atomic mass is 9.92. The molecule has 0 aromatic heterocycles. The molecule has 0 fully saturated rings. The molecule has 0 saturated carbocycles. The lowest BCUT2D eigenvalue weighted by molar-refractivity contribution is 0.0650. The average Bonchev–Trinajstić information content (AvgIpc) is 2.30. The molecule has 90 valence electrons. The third-order valence-corrected chi connectivity index (χ3v) is 2.43. The van der Waals surface area contributed by atoms with Gasteiger partial charge in [0.25, 0.3) is 0 Å². The monoisotopic (exact) mass is 242 g/mol. The first-order valence-corrected chi connectivity index (χ1v) is 5.01. The zero-order valence-electron chi connectivity index (χ0n) is 9.43. The summed E-state index contributed by atoms with van der Waals surface area (Å²) in [5.41, 5.74) is 0.294. The second-order valence-corrected chi connectivity index (χ2v) is 3.50. The second-order valence-electron chi connectivity index (χ2n) is 3.50. The van der Waals surface area contributed by atoms with Crippen molar-refractivity contribution in [2.45, 2.75) is 12.8 Å². The summed E-state index contributed by atoms with van der Waals surface area (Å²) >= 11 is 0. The summed E-state index contributed by atoms with van der Waals surface area (Å²) in [6, 6.07) is 2.74. The fourth-order valence-corrected chi connectivity index (χ4v) is 1.69. The van der Waals surface area contributed by atoms with E-state index >= 15 is 0 Å². The zero-order valence-corrected chi connectivity index (χ0v) is 9.43. The molecule has 18 heavy (non-hydrogen) atoms. The van der Waals surface area contributed by atoms with Crippen LogP contribution in [-0.4, -0.2) is 22.2 Å². The SMILES string of the molecule is C#CCc1ccc(C(=O)O)c(C(=O)O)c1CC#C. The van der Waals surface area contributed by atoms with E-state index in [0.717, 1.165) is 0 Å². The normalized spacial score (nSPS) is 9.22.